The van der Waals surface area contributed by atoms with Gasteiger partial charge in [-0.25, -0.2) is 8.42 Å². The number of aryl methyl sites for hydroxylation is 2. The van der Waals surface area contributed by atoms with E-state index in [1.165, 1.54) is 4.31 Å². The summed E-state index contributed by atoms with van der Waals surface area (Å²) in [4.78, 5) is 15.2. The summed E-state index contributed by atoms with van der Waals surface area (Å²) in [5.41, 5.74) is 3.08. The van der Waals surface area contributed by atoms with Crippen LogP contribution in [0.4, 0.5) is 0 Å². The van der Waals surface area contributed by atoms with Gasteiger partial charge in [-0.15, -0.1) is 0 Å². The number of rotatable bonds is 8. The lowest BCUT2D eigenvalue weighted by Crippen LogP contribution is -2.44. The van der Waals surface area contributed by atoms with Crippen molar-refractivity contribution in [3.05, 3.63) is 59.2 Å². The largest absolute Gasteiger partial charge is 0.497 e. The Hall–Kier alpha value is -2.42. The van der Waals surface area contributed by atoms with Crippen LogP contribution >= 0.6 is 0 Å². The summed E-state index contributed by atoms with van der Waals surface area (Å²) in [7, 11) is 2.05. The standard InChI is InChI=1S/C25H35N3O4S/c1-18-9-10-23(15-19(18)2)33(30,31)28-13-11-20(12-14-28)25(29)26-17-24(27(3)4)21-7-6-8-22(16-21)32-5/h6-10,15-16,20,24H,11-14,17H2,1-5H3,(H,26,29)/t24-/m0/s1. The summed E-state index contributed by atoms with van der Waals surface area (Å²) in [6, 6.07) is 13.1. The molecule has 1 saturated heterocycles. The monoisotopic (exact) mass is 473 g/mol. The first kappa shape index (κ1) is 25.2. The fourth-order valence-corrected chi connectivity index (χ4v) is 5.73. The predicted octanol–water partition coefficient (Wildman–Crippen LogP) is 3.13. The van der Waals surface area contributed by atoms with Crippen molar-refractivity contribution in [1.29, 1.82) is 0 Å². The third kappa shape index (κ3) is 5.93. The van der Waals surface area contributed by atoms with Crippen LogP contribution in [0.5, 0.6) is 5.75 Å². The summed E-state index contributed by atoms with van der Waals surface area (Å²) < 4.78 is 32.9. The number of nitrogens with zero attached hydrogens (tertiary/aromatic N) is 2. The molecule has 0 bridgehead atoms. The van der Waals surface area contributed by atoms with Crippen molar-refractivity contribution in [2.75, 3.05) is 40.8 Å². The van der Waals surface area contributed by atoms with Gasteiger partial charge in [0.2, 0.25) is 15.9 Å². The Morgan fingerprint density at radius 1 is 1.12 bits per heavy atom. The van der Waals surface area contributed by atoms with Crippen LogP contribution in [0, 0.1) is 19.8 Å². The second-order valence-corrected chi connectivity index (χ2v) is 10.9. The first-order valence-corrected chi connectivity index (χ1v) is 12.7. The van der Waals surface area contributed by atoms with E-state index in [2.05, 4.69) is 10.2 Å². The lowest BCUT2D eigenvalue weighted by Gasteiger charge is -2.31. The number of carbonyl (C=O) groups is 1. The lowest BCUT2D eigenvalue weighted by molar-refractivity contribution is -0.126. The summed E-state index contributed by atoms with van der Waals surface area (Å²) >= 11 is 0. The van der Waals surface area contributed by atoms with Gasteiger partial charge in [-0.2, -0.15) is 4.31 Å². The van der Waals surface area contributed by atoms with E-state index in [4.69, 9.17) is 4.74 Å². The van der Waals surface area contributed by atoms with Gasteiger partial charge in [-0.1, -0.05) is 18.2 Å². The second kappa shape index (κ2) is 10.7. The molecule has 1 heterocycles. The van der Waals surface area contributed by atoms with Gasteiger partial charge in [0.25, 0.3) is 0 Å². The van der Waals surface area contributed by atoms with E-state index in [1.54, 1.807) is 19.2 Å². The summed E-state index contributed by atoms with van der Waals surface area (Å²) in [6.07, 6.45) is 1.03. The molecule has 8 heteroatoms. The van der Waals surface area contributed by atoms with Gasteiger partial charge in [0.1, 0.15) is 5.75 Å². The molecule has 0 unspecified atom stereocenters. The molecule has 1 amide bonds. The van der Waals surface area contributed by atoms with Crippen molar-refractivity contribution < 1.29 is 17.9 Å². The third-order valence-corrected chi connectivity index (χ3v) is 8.41. The zero-order valence-electron chi connectivity index (χ0n) is 20.2. The zero-order valence-corrected chi connectivity index (χ0v) is 21.0. The molecule has 0 aromatic heterocycles. The molecule has 0 saturated carbocycles. The quantitative estimate of drug-likeness (QED) is 0.637. The van der Waals surface area contributed by atoms with Crippen LogP contribution in [0.25, 0.3) is 0 Å². The lowest BCUT2D eigenvalue weighted by atomic mass is 9.97. The summed E-state index contributed by atoms with van der Waals surface area (Å²) in [5, 5.41) is 3.08. The molecule has 180 valence electrons. The van der Waals surface area contributed by atoms with Crippen molar-refractivity contribution in [2.24, 2.45) is 5.92 Å². The third-order valence-electron chi connectivity index (χ3n) is 6.51. The number of carbonyl (C=O) groups excluding carboxylic acids is 1. The molecule has 0 radical (unpaired) electrons. The number of benzene rings is 2. The maximum absolute atomic E-state index is 13.0. The van der Waals surface area contributed by atoms with E-state index >= 15 is 0 Å². The number of likely N-dealkylation sites (N-methyl/N-ethyl adjacent to an activating group) is 1. The molecular formula is C25H35N3O4S. The van der Waals surface area contributed by atoms with E-state index in [-0.39, 0.29) is 17.9 Å². The maximum atomic E-state index is 13.0. The smallest absolute Gasteiger partial charge is 0.243 e. The molecule has 2 aromatic rings. The van der Waals surface area contributed by atoms with E-state index in [1.807, 2.05) is 58.3 Å². The normalized spacial score (nSPS) is 16.5. The van der Waals surface area contributed by atoms with Crippen LogP contribution in [-0.4, -0.2) is 64.4 Å². The fraction of sp³-hybridized carbons (Fsp3) is 0.480. The molecule has 0 aliphatic carbocycles. The van der Waals surface area contributed by atoms with Crippen molar-refractivity contribution in [3.63, 3.8) is 0 Å². The van der Waals surface area contributed by atoms with Crippen molar-refractivity contribution in [1.82, 2.24) is 14.5 Å². The number of amides is 1. The Bertz CT molecular complexity index is 1080. The van der Waals surface area contributed by atoms with Crippen LogP contribution in [0.1, 0.15) is 35.6 Å². The van der Waals surface area contributed by atoms with Gasteiger partial charge >= 0.3 is 0 Å². The van der Waals surface area contributed by atoms with Gasteiger partial charge in [0, 0.05) is 25.6 Å². The van der Waals surface area contributed by atoms with Gasteiger partial charge in [0.15, 0.2) is 0 Å². The number of piperidine rings is 1. The molecule has 33 heavy (non-hydrogen) atoms. The molecule has 7 nitrogen and oxygen atoms in total. The van der Waals surface area contributed by atoms with Crippen LogP contribution in [0.15, 0.2) is 47.4 Å². The molecule has 1 aliphatic rings. The molecule has 1 aliphatic heterocycles. The van der Waals surface area contributed by atoms with E-state index in [0.717, 1.165) is 22.4 Å². The van der Waals surface area contributed by atoms with Crippen LogP contribution in [0.2, 0.25) is 0 Å². The molecule has 1 N–H and O–H groups in total. The van der Waals surface area contributed by atoms with Crippen LogP contribution in [-0.2, 0) is 14.8 Å². The van der Waals surface area contributed by atoms with Gasteiger partial charge in [0.05, 0.1) is 18.0 Å². The maximum Gasteiger partial charge on any atom is 0.243 e. The van der Waals surface area contributed by atoms with Crippen molar-refractivity contribution in [2.45, 2.75) is 37.6 Å². The number of ether oxygens (including phenoxy) is 1. The minimum atomic E-state index is -3.55. The SMILES string of the molecule is COc1cccc([C@H](CNC(=O)C2CCN(S(=O)(=O)c3ccc(C)c(C)c3)CC2)N(C)C)c1. The van der Waals surface area contributed by atoms with E-state index in [0.29, 0.717) is 37.4 Å². The Morgan fingerprint density at radius 3 is 2.42 bits per heavy atom. The Kier molecular flexibility index (Phi) is 8.15. The summed E-state index contributed by atoms with van der Waals surface area (Å²) in [6.45, 7) is 5.04. The van der Waals surface area contributed by atoms with Crippen LogP contribution in [0.3, 0.4) is 0 Å². The van der Waals surface area contributed by atoms with Gasteiger partial charge in [-0.05, 0) is 81.7 Å². The Morgan fingerprint density at radius 2 is 1.82 bits per heavy atom. The highest BCUT2D eigenvalue weighted by Gasteiger charge is 2.32. The highest BCUT2D eigenvalue weighted by atomic mass is 32.2. The topological polar surface area (TPSA) is 79.0 Å². The summed E-state index contributed by atoms with van der Waals surface area (Å²) in [5.74, 6) is 0.570. The highest BCUT2D eigenvalue weighted by Crippen LogP contribution is 2.26. The van der Waals surface area contributed by atoms with Crippen LogP contribution < -0.4 is 10.1 Å². The highest BCUT2D eigenvalue weighted by molar-refractivity contribution is 7.89. The Labute approximate surface area is 197 Å². The molecule has 2 aromatic carbocycles. The molecule has 0 spiro atoms. The minimum Gasteiger partial charge on any atom is -0.497 e. The molecule has 3 rings (SSSR count). The number of methoxy groups -OCH3 is 1. The molecular weight excluding hydrogens is 438 g/mol. The van der Waals surface area contributed by atoms with E-state index < -0.39 is 10.0 Å². The Balaban J connectivity index is 1.58. The van der Waals surface area contributed by atoms with E-state index in [9.17, 15) is 13.2 Å². The van der Waals surface area contributed by atoms with Gasteiger partial charge < -0.3 is 15.0 Å². The first-order chi connectivity index (χ1) is 15.6. The number of sulfonamides is 1. The zero-order chi connectivity index (χ0) is 24.2. The van der Waals surface area contributed by atoms with Crippen molar-refractivity contribution in [3.8, 4) is 5.75 Å². The number of hydrogen-bond donors (Lipinski definition) is 1. The first-order valence-electron chi connectivity index (χ1n) is 11.3. The second-order valence-electron chi connectivity index (χ2n) is 8.93. The fourth-order valence-electron chi connectivity index (χ4n) is 4.17. The number of nitrogens with one attached hydrogen (secondary N) is 1. The van der Waals surface area contributed by atoms with Gasteiger partial charge in [-0.3, -0.25) is 4.79 Å². The van der Waals surface area contributed by atoms with Crippen molar-refractivity contribution >= 4 is 15.9 Å². The predicted molar refractivity (Wildman–Crippen MR) is 130 cm³/mol. The molecule has 1 atom stereocenters. The molecule has 1 fully saturated rings. The number of hydrogen-bond acceptors (Lipinski definition) is 5. The average Bonchev–Trinajstić information content (AvgIpc) is 2.80. The minimum absolute atomic E-state index is 0.00861. The average molecular weight is 474 g/mol.